The molecule has 0 saturated carbocycles. The molecule has 0 aliphatic carbocycles. The number of carbonyl (C=O) groups is 1. The Morgan fingerprint density at radius 1 is 1.37 bits per heavy atom. The number of hydrogen-bond acceptors (Lipinski definition) is 4. The van der Waals surface area contributed by atoms with Gasteiger partial charge in [0.15, 0.2) is 0 Å². The van der Waals surface area contributed by atoms with Crippen LogP contribution in [0.1, 0.15) is 31.7 Å². The number of esters is 1. The Labute approximate surface area is 116 Å². The number of carbonyl (C=O) groups excluding carboxylic acids is 1. The highest BCUT2D eigenvalue weighted by Crippen LogP contribution is 2.33. The van der Waals surface area contributed by atoms with Gasteiger partial charge in [-0.25, -0.2) is 4.39 Å². The molecule has 5 heteroatoms. The molecule has 1 N–H and O–H groups in total. The molecule has 0 amide bonds. The summed E-state index contributed by atoms with van der Waals surface area (Å²) >= 11 is 1.63. The third-order valence-corrected chi connectivity index (χ3v) is 3.91. The lowest BCUT2D eigenvalue weighted by atomic mass is 10.2. The molecule has 0 spiro atoms. The average molecular weight is 283 g/mol. The number of nitrogens with one attached hydrogen (secondary N) is 1. The molecule has 19 heavy (non-hydrogen) atoms. The quantitative estimate of drug-likeness (QED) is 0.847. The summed E-state index contributed by atoms with van der Waals surface area (Å²) in [6.07, 6.45) is 0. The minimum Gasteiger partial charge on any atom is -0.459 e. The first-order chi connectivity index (χ1) is 8.85. The molecular weight excluding hydrogens is 265 g/mol. The molecule has 1 fully saturated rings. The van der Waals surface area contributed by atoms with E-state index >= 15 is 0 Å². The van der Waals surface area contributed by atoms with E-state index < -0.39 is 5.60 Å². The van der Waals surface area contributed by atoms with Crippen molar-refractivity contribution < 1.29 is 13.9 Å². The molecule has 0 bridgehead atoms. The van der Waals surface area contributed by atoms with Gasteiger partial charge in [0.2, 0.25) is 0 Å². The van der Waals surface area contributed by atoms with Gasteiger partial charge in [-0.1, -0.05) is 12.1 Å². The van der Waals surface area contributed by atoms with Crippen LogP contribution in [0.4, 0.5) is 4.39 Å². The summed E-state index contributed by atoms with van der Waals surface area (Å²) in [5, 5.41) is 3.23. The summed E-state index contributed by atoms with van der Waals surface area (Å²) in [7, 11) is 0. The molecule has 1 aromatic rings. The van der Waals surface area contributed by atoms with Crippen LogP contribution in [0.5, 0.6) is 0 Å². The molecule has 104 valence electrons. The third kappa shape index (κ3) is 3.94. The lowest BCUT2D eigenvalue weighted by Gasteiger charge is -2.22. The zero-order valence-electron chi connectivity index (χ0n) is 11.3. The maximum Gasteiger partial charge on any atom is 0.324 e. The zero-order valence-corrected chi connectivity index (χ0v) is 12.1. The number of halogens is 1. The first-order valence-corrected chi connectivity index (χ1v) is 7.26. The molecular formula is C14H18FNO2S. The average Bonchev–Trinajstić information content (AvgIpc) is 2.77. The van der Waals surface area contributed by atoms with Crippen LogP contribution < -0.4 is 5.32 Å². The number of ether oxygens (including phenoxy) is 1. The molecule has 1 aliphatic heterocycles. The highest BCUT2D eigenvalue weighted by molar-refractivity contribution is 7.99. The van der Waals surface area contributed by atoms with Gasteiger partial charge in [0.05, 0.1) is 5.37 Å². The van der Waals surface area contributed by atoms with Crippen LogP contribution in [0, 0.1) is 5.82 Å². The van der Waals surface area contributed by atoms with E-state index in [0.717, 1.165) is 5.56 Å². The van der Waals surface area contributed by atoms with E-state index in [1.165, 1.54) is 12.1 Å². The second kappa shape index (κ2) is 5.51. The van der Waals surface area contributed by atoms with Gasteiger partial charge in [-0.2, -0.15) is 0 Å². The molecule has 1 unspecified atom stereocenters. The van der Waals surface area contributed by atoms with E-state index in [2.05, 4.69) is 5.32 Å². The smallest absolute Gasteiger partial charge is 0.324 e. The predicted molar refractivity (Wildman–Crippen MR) is 74.4 cm³/mol. The lowest BCUT2D eigenvalue weighted by Crippen LogP contribution is -2.39. The number of benzene rings is 1. The first-order valence-electron chi connectivity index (χ1n) is 6.21. The highest BCUT2D eigenvalue weighted by Gasteiger charge is 2.33. The fourth-order valence-electron chi connectivity index (χ4n) is 1.81. The Morgan fingerprint density at radius 3 is 2.58 bits per heavy atom. The lowest BCUT2D eigenvalue weighted by molar-refractivity contribution is -0.156. The Hall–Kier alpha value is -1.07. The van der Waals surface area contributed by atoms with Crippen molar-refractivity contribution in [1.29, 1.82) is 0 Å². The van der Waals surface area contributed by atoms with Crippen LogP contribution >= 0.6 is 11.8 Å². The monoisotopic (exact) mass is 283 g/mol. The summed E-state index contributed by atoms with van der Waals surface area (Å²) in [6.45, 7) is 5.55. The van der Waals surface area contributed by atoms with Crippen LogP contribution in [-0.4, -0.2) is 23.4 Å². The van der Waals surface area contributed by atoms with Crippen molar-refractivity contribution in [3.8, 4) is 0 Å². The molecule has 1 heterocycles. The Bertz CT molecular complexity index is 456. The summed E-state index contributed by atoms with van der Waals surface area (Å²) in [5.41, 5.74) is 0.495. The normalized spacial score (nSPS) is 23.4. The fraction of sp³-hybridized carbons (Fsp3) is 0.500. The standard InChI is InChI=1S/C14H18FNO2S/c1-14(2,3)18-13(17)11-8-19-12(16-11)9-4-6-10(15)7-5-9/h4-7,11-12,16H,8H2,1-3H3/t11-,12?/m0/s1. The van der Waals surface area contributed by atoms with Crippen LogP contribution in [0.3, 0.4) is 0 Å². The molecule has 1 saturated heterocycles. The van der Waals surface area contributed by atoms with Gasteiger partial charge >= 0.3 is 5.97 Å². The van der Waals surface area contributed by atoms with Gasteiger partial charge in [-0.05, 0) is 38.5 Å². The maximum atomic E-state index is 12.9. The van der Waals surface area contributed by atoms with Gasteiger partial charge in [-0.15, -0.1) is 11.8 Å². The molecule has 1 aromatic carbocycles. The largest absolute Gasteiger partial charge is 0.459 e. The maximum absolute atomic E-state index is 12.9. The van der Waals surface area contributed by atoms with Crippen molar-refractivity contribution in [3.05, 3.63) is 35.6 Å². The molecule has 1 aliphatic rings. The number of thioether (sulfide) groups is 1. The topological polar surface area (TPSA) is 38.3 Å². The van der Waals surface area contributed by atoms with E-state index in [-0.39, 0.29) is 23.2 Å². The zero-order chi connectivity index (χ0) is 14.0. The summed E-state index contributed by atoms with van der Waals surface area (Å²) in [4.78, 5) is 11.9. The van der Waals surface area contributed by atoms with Gasteiger partial charge < -0.3 is 4.74 Å². The van der Waals surface area contributed by atoms with E-state index in [4.69, 9.17) is 4.74 Å². The van der Waals surface area contributed by atoms with Crippen molar-refractivity contribution in [2.24, 2.45) is 0 Å². The number of rotatable bonds is 2. The number of hydrogen-bond donors (Lipinski definition) is 1. The van der Waals surface area contributed by atoms with Crippen molar-refractivity contribution >= 4 is 17.7 Å². The second-order valence-corrected chi connectivity index (χ2v) is 6.66. The van der Waals surface area contributed by atoms with Crippen molar-refractivity contribution in [1.82, 2.24) is 5.32 Å². The van der Waals surface area contributed by atoms with Crippen LogP contribution in [0.2, 0.25) is 0 Å². The SMILES string of the molecule is CC(C)(C)OC(=O)[C@@H]1CSC(c2ccc(F)cc2)N1. The van der Waals surface area contributed by atoms with Crippen molar-refractivity contribution in [2.45, 2.75) is 37.8 Å². The third-order valence-electron chi connectivity index (χ3n) is 2.65. The van der Waals surface area contributed by atoms with Crippen LogP contribution in [-0.2, 0) is 9.53 Å². The molecule has 0 aromatic heterocycles. The minimum atomic E-state index is -0.475. The van der Waals surface area contributed by atoms with Crippen molar-refractivity contribution in [2.75, 3.05) is 5.75 Å². The molecule has 2 atom stereocenters. The van der Waals surface area contributed by atoms with Gasteiger partial charge in [-0.3, -0.25) is 10.1 Å². The first kappa shape index (κ1) is 14.3. The van der Waals surface area contributed by atoms with Crippen LogP contribution in [0.25, 0.3) is 0 Å². The van der Waals surface area contributed by atoms with E-state index in [0.29, 0.717) is 5.75 Å². The van der Waals surface area contributed by atoms with Gasteiger partial charge in [0.1, 0.15) is 17.5 Å². The summed E-state index contributed by atoms with van der Waals surface area (Å²) in [5.74, 6) is 0.178. The fourth-order valence-corrected chi connectivity index (χ4v) is 3.04. The summed E-state index contributed by atoms with van der Waals surface area (Å²) in [6, 6.07) is 6.02. The molecule has 0 radical (unpaired) electrons. The Balaban J connectivity index is 1.96. The molecule has 2 rings (SSSR count). The van der Waals surface area contributed by atoms with Crippen molar-refractivity contribution in [3.63, 3.8) is 0 Å². The van der Waals surface area contributed by atoms with Gasteiger partial charge in [0, 0.05) is 5.75 Å². The summed E-state index contributed by atoms with van der Waals surface area (Å²) < 4.78 is 18.2. The van der Waals surface area contributed by atoms with E-state index in [9.17, 15) is 9.18 Å². The molecule has 3 nitrogen and oxygen atoms in total. The minimum absolute atomic E-state index is 0.0121. The Morgan fingerprint density at radius 2 is 2.00 bits per heavy atom. The Kier molecular flexibility index (Phi) is 4.16. The van der Waals surface area contributed by atoms with Crippen LogP contribution in [0.15, 0.2) is 24.3 Å². The van der Waals surface area contributed by atoms with Gasteiger partial charge in [0.25, 0.3) is 0 Å². The predicted octanol–water partition coefficient (Wildman–Crippen LogP) is 2.87. The highest BCUT2D eigenvalue weighted by atomic mass is 32.2. The van der Waals surface area contributed by atoms with E-state index in [1.807, 2.05) is 20.8 Å². The second-order valence-electron chi connectivity index (χ2n) is 5.52. The van der Waals surface area contributed by atoms with E-state index in [1.54, 1.807) is 23.9 Å².